The van der Waals surface area contributed by atoms with Crippen LogP contribution in [-0.2, 0) is 16.6 Å². The molecule has 0 amide bonds. The van der Waals surface area contributed by atoms with E-state index in [0.717, 1.165) is 37.7 Å². The summed E-state index contributed by atoms with van der Waals surface area (Å²) in [5.41, 5.74) is 1.62. The lowest BCUT2D eigenvalue weighted by molar-refractivity contribution is -0.145. The third kappa shape index (κ3) is 2.08. The van der Waals surface area contributed by atoms with Crippen LogP contribution in [0.5, 0.6) is 0 Å². The van der Waals surface area contributed by atoms with Gasteiger partial charge >= 0.3 is 5.97 Å². The van der Waals surface area contributed by atoms with E-state index in [4.69, 9.17) is 0 Å². The molecule has 2 nitrogen and oxygen atoms in total. The van der Waals surface area contributed by atoms with Crippen LogP contribution >= 0.6 is 0 Å². The van der Waals surface area contributed by atoms with E-state index < -0.39 is 11.4 Å². The van der Waals surface area contributed by atoms with Crippen molar-refractivity contribution in [2.45, 2.75) is 50.9 Å². The summed E-state index contributed by atoms with van der Waals surface area (Å²) in [7, 11) is 0. The molecule has 1 aromatic carbocycles. The van der Waals surface area contributed by atoms with Crippen LogP contribution in [0.3, 0.4) is 0 Å². The second-order valence-corrected chi connectivity index (χ2v) is 4.96. The van der Waals surface area contributed by atoms with Gasteiger partial charge in [-0.2, -0.15) is 0 Å². The Bertz CT molecular complexity index is 403. The smallest absolute Gasteiger partial charge is 0.314 e. The lowest BCUT2D eigenvalue weighted by atomic mass is 9.68. The van der Waals surface area contributed by atoms with E-state index in [1.807, 2.05) is 18.2 Å². The highest BCUT2D eigenvalue weighted by Crippen LogP contribution is 2.41. The predicted molar refractivity (Wildman–Crippen MR) is 68.2 cm³/mol. The molecule has 1 aliphatic rings. The number of benzene rings is 1. The Balaban J connectivity index is 2.48. The SMILES string of the molecule is CCc1ccccc1C1(C(=O)O)CCCCC1. The Morgan fingerprint density at radius 1 is 1.24 bits per heavy atom. The highest BCUT2D eigenvalue weighted by molar-refractivity contribution is 5.82. The van der Waals surface area contributed by atoms with Gasteiger partial charge in [0.05, 0.1) is 5.41 Å². The number of aliphatic carboxylic acids is 1. The maximum atomic E-state index is 11.7. The molecule has 1 saturated carbocycles. The number of carboxylic acid groups (broad SMARTS) is 1. The van der Waals surface area contributed by atoms with Crippen LogP contribution in [0.2, 0.25) is 0 Å². The molecular weight excluding hydrogens is 212 g/mol. The van der Waals surface area contributed by atoms with E-state index in [-0.39, 0.29) is 0 Å². The van der Waals surface area contributed by atoms with E-state index in [0.29, 0.717) is 0 Å². The number of rotatable bonds is 3. The molecule has 2 rings (SSSR count). The standard InChI is InChI=1S/C15H20O2/c1-2-12-8-4-5-9-13(12)15(14(16)17)10-6-3-7-11-15/h4-5,8-9H,2-3,6-7,10-11H2,1H3,(H,16,17). The van der Waals surface area contributed by atoms with Crippen molar-refractivity contribution in [2.24, 2.45) is 0 Å². The second kappa shape index (κ2) is 4.91. The fourth-order valence-corrected chi connectivity index (χ4v) is 3.05. The fraction of sp³-hybridized carbons (Fsp3) is 0.533. The quantitative estimate of drug-likeness (QED) is 0.865. The molecule has 92 valence electrons. The van der Waals surface area contributed by atoms with Gasteiger partial charge in [0, 0.05) is 0 Å². The van der Waals surface area contributed by atoms with Crippen molar-refractivity contribution in [1.82, 2.24) is 0 Å². The summed E-state index contributed by atoms with van der Waals surface area (Å²) in [5.74, 6) is -0.641. The molecular formula is C15H20O2. The number of hydrogen-bond donors (Lipinski definition) is 1. The summed E-state index contributed by atoms with van der Waals surface area (Å²) in [6.45, 7) is 2.09. The molecule has 0 heterocycles. The van der Waals surface area contributed by atoms with Gasteiger partial charge in [-0.25, -0.2) is 0 Å². The Morgan fingerprint density at radius 2 is 1.88 bits per heavy atom. The van der Waals surface area contributed by atoms with Crippen molar-refractivity contribution in [3.05, 3.63) is 35.4 Å². The van der Waals surface area contributed by atoms with Crippen LogP contribution < -0.4 is 0 Å². The predicted octanol–water partition coefficient (Wildman–Crippen LogP) is 3.54. The summed E-state index contributed by atoms with van der Waals surface area (Å²) in [4.78, 5) is 11.7. The maximum absolute atomic E-state index is 11.7. The third-order valence-corrected chi connectivity index (χ3v) is 4.03. The van der Waals surface area contributed by atoms with Gasteiger partial charge in [0.2, 0.25) is 0 Å². The first-order valence-electron chi connectivity index (χ1n) is 6.52. The van der Waals surface area contributed by atoms with Gasteiger partial charge in [0.1, 0.15) is 0 Å². The second-order valence-electron chi connectivity index (χ2n) is 4.96. The molecule has 1 aromatic rings. The Morgan fingerprint density at radius 3 is 2.47 bits per heavy atom. The van der Waals surface area contributed by atoms with Crippen LogP contribution in [0.1, 0.15) is 50.2 Å². The molecule has 17 heavy (non-hydrogen) atoms. The molecule has 0 unspecified atom stereocenters. The zero-order chi connectivity index (χ0) is 12.3. The lowest BCUT2D eigenvalue weighted by Gasteiger charge is -2.35. The van der Waals surface area contributed by atoms with Gasteiger partial charge in [-0.3, -0.25) is 4.79 Å². The zero-order valence-corrected chi connectivity index (χ0v) is 10.4. The van der Waals surface area contributed by atoms with E-state index >= 15 is 0 Å². The van der Waals surface area contributed by atoms with Gasteiger partial charge in [-0.05, 0) is 30.4 Å². The number of carbonyl (C=O) groups is 1. The maximum Gasteiger partial charge on any atom is 0.314 e. The summed E-state index contributed by atoms with van der Waals surface area (Å²) >= 11 is 0. The van der Waals surface area contributed by atoms with Crippen molar-refractivity contribution in [3.63, 3.8) is 0 Å². The number of aryl methyl sites for hydroxylation is 1. The van der Waals surface area contributed by atoms with Crippen LogP contribution in [0.4, 0.5) is 0 Å². The molecule has 0 radical (unpaired) electrons. The summed E-state index contributed by atoms with van der Waals surface area (Å²) in [5, 5.41) is 9.66. The zero-order valence-electron chi connectivity index (χ0n) is 10.4. The van der Waals surface area contributed by atoms with Crippen LogP contribution in [-0.4, -0.2) is 11.1 Å². The van der Waals surface area contributed by atoms with E-state index in [2.05, 4.69) is 13.0 Å². The van der Waals surface area contributed by atoms with Gasteiger partial charge in [-0.1, -0.05) is 50.5 Å². The third-order valence-electron chi connectivity index (χ3n) is 4.03. The highest BCUT2D eigenvalue weighted by Gasteiger charge is 2.42. The number of hydrogen-bond acceptors (Lipinski definition) is 1. The van der Waals surface area contributed by atoms with Crippen molar-refractivity contribution in [1.29, 1.82) is 0 Å². The van der Waals surface area contributed by atoms with E-state index in [1.165, 1.54) is 12.0 Å². The van der Waals surface area contributed by atoms with Crippen LogP contribution in [0.15, 0.2) is 24.3 Å². The fourth-order valence-electron chi connectivity index (χ4n) is 3.05. The first kappa shape index (κ1) is 12.2. The molecule has 0 atom stereocenters. The molecule has 1 fully saturated rings. The van der Waals surface area contributed by atoms with Gasteiger partial charge in [0.25, 0.3) is 0 Å². The Kier molecular flexibility index (Phi) is 3.51. The van der Waals surface area contributed by atoms with Gasteiger partial charge in [0.15, 0.2) is 0 Å². The monoisotopic (exact) mass is 232 g/mol. The molecule has 2 heteroatoms. The average molecular weight is 232 g/mol. The normalized spacial score (nSPS) is 18.9. The van der Waals surface area contributed by atoms with Crippen molar-refractivity contribution >= 4 is 5.97 Å². The van der Waals surface area contributed by atoms with Crippen LogP contribution in [0.25, 0.3) is 0 Å². The largest absolute Gasteiger partial charge is 0.481 e. The van der Waals surface area contributed by atoms with Crippen LogP contribution in [0, 0.1) is 0 Å². The van der Waals surface area contributed by atoms with Crippen molar-refractivity contribution < 1.29 is 9.90 Å². The van der Waals surface area contributed by atoms with Crippen molar-refractivity contribution in [2.75, 3.05) is 0 Å². The Labute approximate surface area is 103 Å². The highest BCUT2D eigenvalue weighted by atomic mass is 16.4. The molecule has 0 aliphatic heterocycles. The molecule has 0 bridgehead atoms. The summed E-state index contributed by atoms with van der Waals surface area (Å²) in [6, 6.07) is 8.04. The summed E-state index contributed by atoms with van der Waals surface area (Å²) in [6.07, 6.45) is 5.72. The average Bonchev–Trinajstić information content (AvgIpc) is 2.39. The topological polar surface area (TPSA) is 37.3 Å². The van der Waals surface area contributed by atoms with E-state index in [9.17, 15) is 9.90 Å². The van der Waals surface area contributed by atoms with Gasteiger partial charge < -0.3 is 5.11 Å². The number of carboxylic acids is 1. The molecule has 0 spiro atoms. The molecule has 0 saturated heterocycles. The molecule has 1 aliphatic carbocycles. The minimum absolute atomic E-state index is 0.620. The van der Waals surface area contributed by atoms with Gasteiger partial charge in [-0.15, -0.1) is 0 Å². The van der Waals surface area contributed by atoms with Crippen molar-refractivity contribution in [3.8, 4) is 0 Å². The summed E-state index contributed by atoms with van der Waals surface area (Å²) < 4.78 is 0. The molecule has 0 aromatic heterocycles. The lowest BCUT2D eigenvalue weighted by Crippen LogP contribution is -2.38. The minimum atomic E-state index is -0.641. The first-order chi connectivity index (χ1) is 8.20. The first-order valence-corrected chi connectivity index (χ1v) is 6.52. The Hall–Kier alpha value is -1.31. The van der Waals surface area contributed by atoms with E-state index in [1.54, 1.807) is 0 Å². The minimum Gasteiger partial charge on any atom is -0.481 e. The molecule has 1 N–H and O–H groups in total.